The second-order valence-corrected chi connectivity index (χ2v) is 3.55. The fourth-order valence-corrected chi connectivity index (χ4v) is 1.36. The molecule has 0 bridgehead atoms. The highest BCUT2D eigenvalue weighted by Crippen LogP contribution is 2.11. The van der Waals surface area contributed by atoms with Gasteiger partial charge in [0, 0.05) is 12.7 Å². The van der Waals surface area contributed by atoms with Crippen LogP contribution in [0.4, 0.5) is 11.9 Å². The molecule has 19 heavy (non-hydrogen) atoms. The van der Waals surface area contributed by atoms with Gasteiger partial charge >= 0.3 is 6.01 Å². The Hall–Kier alpha value is -2.51. The molecule has 0 unspecified atom stereocenters. The van der Waals surface area contributed by atoms with Crippen molar-refractivity contribution in [2.24, 2.45) is 0 Å². The van der Waals surface area contributed by atoms with Gasteiger partial charge in [-0.2, -0.15) is 15.0 Å². The zero-order valence-electron chi connectivity index (χ0n) is 10.8. The molecule has 0 aliphatic rings. The summed E-state index contributed by atoms with van der Waals surface area (Å²) in [7, 11) is 1.51. The second kappa shape index (κ2) is 6.43. The molecule has 0 amide bonds. The maximum absolute atomic E-state index is 5.03. The van der Waals surface area contributed by atoms with Crippen molar-refractivity contribution in [3.8, 4) is 6.01 Å². The van der Waals surface area contributed by atoms with E-state index < -0.39 is 0 Å². The highest BCUT2D eigenvalue weighted by molar-refractivity contribution is 5.36. The van der Waals surface area contributed by atoms with Crippen LogP contribution >= 0.6 is 0 Å². The predicted molar refractivity (Wildman–Crippen MR) is 69.9 cm³/mol. The highest BCUT2D eigenvalue weighted by atomic mass is 16.5. The van der Waals surface area contributed by atoms with E-state index in [4.69, 9.17) is 4.74 Å². The molecular weight excluding hydrogens is 246 g/mol. The first-order chi connectivity index (χ1) is 9.31. The van der Waals surface area contributed by atoms with E-state index >= 15 is 0 Å². The number of nitrogens with zero attached hydrogens (tertiary/aromatic N) is 5. The molecule has 2 aromatic heterocycles. The van der Waals surface area contributed by atoms with Gasteiger partial charge in [-0.1, -0.05) is 0 Å². The fraction of sp³-hybridized carbons (Fsp3) is 0.364. The van der Waals surface area contributed by atoms with E-state index in [-0.39, 0.29) is 6.01 Å². The Morgan fingerprint density at radius 2 is 1.95 bits per heavy atom. The molecule has 0 aliphatic heterocycles. The van der Waals surface area contributed by atoms with Crippen LogP contribution in [0.1, 0.15) is 12.6 Å². The molecule has 0 spiro atoms. The van der Waals surface area contributed by atoms with Crippen molar-refractivity contribution in [2.45, 2.75) is 13.5 Å². The van der Waals surface area contributed by atoms with Crippen LogP contribution in [0.15, 0.2) is 18.6 Å². The molecule has 100 valence electrons. The van der Waals surface area contributed by atoms with Gasteiger partial charge in [0.1, 0.15) is 6.33 Å². The summed E-state index contributed by atoms with van der Waals surface area (Å²) < 4.78 is 5.03. The van der Waals surface area contributed by atoms with Crippen LogP contribution in [-0.2, 0) is 6.54 Å². The number of aromatic nitrogens is 5. The minimum atomic E-state index is 0.260. The molecule has 0 aromatic carbocycles. The summed E-state index contributed by atoms with van der Waals surface area (Å²) in [5.41, 5.74) is 0.847. The average molecular weight is 261 g/mol. The lowest BCUT2D eigenvalue weighted by atomic mass is 10.4. The summed E-state index contributed by atoms with van der Waals surface area (Å²) >= 11 is 0. The Labute approximate surface area is 110 Å². The van der Waals surface area contributed by atoms with Crippen LogP contribution in [0, 0.1) is 0 Å². The lowest BCUT2D eigenvalue weighted by molar-refractivity contribution is 0.379. The summed E-state index contributed by atoms with van der Waals surface area (Å²) in [6, 6.07) is 2.08. The molecule has 0 fully saturated rings. The van der Waals surface area contributed by atoms with Crippen molar-refractivity contribution in [3.05, 3.63) is 24.3 Å². The van der Waals surface area contributed by atoms with E-state index in [1.165, 1.54) is 13.4 Å². The zero-order valence-corrected chi connectivity index (χ0v) is 10.8. The van der Waals surface area contributed by atoms with Crippen LogP contribution in [0.3, 0.4) is 0 Å². The largest absolute Gasteiger partial charge is 0.467 e. The van der Waals surface area contributed by atoms with Crippen molar-refractivity contribution in [2.75, 3.05) is 24.3 Å². The van der Waals surface area contributed by atoms with Gasteiger partial charge in [-0.15, -0.1) is 0 Å². The number of hydrogen-bond acceptors (Lipinski definition) is 8. The molecule has 2 heterocycles. The lowest BCUT2D eigenvalue weighted by Gasteiger charge is -2.08. The fourth-order valence-electron chi connectivity index (χ4n) is 1.36. The average Bonchev–Trinajstić information content (AvgIpc) is 2.46. The molecule has 0 atom stereocenters. The van der Waals surface area contributed by atoms with Gasteiger partial charge in [0.05, 0.1) is 19.3 Å². The third kappa shape index (κ3) is 3.73. The Morgan fingerprint density at radius 1 is 1.16 bits per heavy atom. The van der Waals surface area contributed by atoms with Gasteiger partial charge < -0.3 is 15.4 Å². The van der Waals surface area contributed by atoms with Crippen LogP contribution in [0.25, 0.3) is 0 Å². The summed E-state index contributed by atoms with van der Waals surface area (Å²) in [6.45, 7) is 3.18. The molecule has 2 rings (SSSR count). The molecule has 0 saturated carbocycles. The molecule has 2 aromatic rings. The monoisotopic (exact) mass is 261 g/mol. The van der Waals surface area contributed by atoms with Gasteiger partial charge in [-0.3, -0.25) is 0 Å². The maximum Gasteiger partial charge on any atom is 0.322 e. The zero-order chi connectivity index (χ0) is 13.5. The highest BCUT2D eigenvalue weighted by Gasteiger charge is 2.06. The summed E-state index contributed by atoms with van der Waals surface area (Å²) in [5, 5.41) is 6.07. The quantitative estimate of drug-likeness (QED) is 0.784. The number of nitrogens with one attached hydrogen (secondary N) is 2. The van der Waals surface area contributed by atoms with E-state index in [1.807, 2.05) is 13.0 Å². The van der Waals surface area contributed by atoms with Crippen molar-refractivity contribution in [1.82, 2.24) is 24.9 Å². The van der Waals surface area contributed by atoms with Crippen molar-refractivity contribution < 1.29 is 4.74 Å². The van der Waals surface area contributed by atoms with Gasteiger partial charge in [-0.05, 0) is 13.0 Å². The van der Waals surface area contributed by atoms with Crippen molar-refractivity contribution in [3.63, 3.8) is 0 Å². The number of hydrogen-bond donors (Lipinski definition) is 2. The number of methoxy groups -OCH3 is 1. The third-order valence-electron chi connectivity index (χ3n) is 2.20. The van der Waals surface area contributed by atoms with Gasteiger partial charge in [0.15, 0.2) is 0 Å². The SMILES string of the molecule is CCNc1nc(NCc2ccncn2)nc(OC)n1. The second-order valence-electron chi connectivity index (χ2n) is 3.55. The van der Waals surface area contributed by atoms with Gasteiger partial charge in [0.2, 0.25) is 11.9 Å². The summed E-state index contributed by atoms with van der Waals surface area (Å²) in [6.07, 6.45) is 3.18. The van der Waals surface area contributed by atoms with Crippen LogP contribution in [0.2, 0.25) is 0 Å². The molecule has 0 saturated heterocycles. The van der Waals surface area contributed by atoms with Crippen LogP contribution in [0.5, 0.6) is 6.01 Å². The van der Waals surface area contributed by atoms with Crippen molar-refractivity contribution >= 4 is 11.9 Å². The smallest absolute Gasteiger partial charge is 0.322 e. The topological polar surface area (TPSA) is 97.7 Å². The predicted octanol–water partition coefficient (Wildman–Crippen LogP) is 0.714. The lowest BCUT2D eigenvalue weighted by Crippen LogP contribution is -2.10. The molecule has 0 aliphatic carbocycles. The molecular formula is C11H15N7O. The van der Waals surface area contributed by atoms with Crippen LogP contribution < -0.4 is 15.4 Å². The van der Waals surface area contributed by atoms with E-state index in [0.29, 0.717) is 18.4 Å². The third-order valence-corrected chi connectivity index (χ3v) is 2.20. The Balaban J connectivity index is 2.08. The molecule has 0 radical (unpaired) electrons. The standard InChI is InChI=1S/C11H15N7O/c1-3-13-9-16-10(18-11(17-9)19-2)14-6-8-4-5-12-7-15-8/h4-5,7H,3,6H2,1-2H3,(H2,13,14,16,17,18). The number of rotatable bonds is 6. The Morgan fingerprint density at radius 3 is 2.58 bits per heavy atom. The number of ether oxygens (including phenoxy) is 1. The van der Waals surface area contributed by atoms with Gasteiger partial charge in [-0.25, -0.2) is 9.97 Å². The first-order valence-corrected chi connectivity index (χ1v) is 5.84. The minimum Gasteiger partial charge on any atom is -0.467 e. The Bertz CT molecular complexity index is 520. The van der Waals surface area contributed by atoms with E-state index in [1.54, 1.807) is 6.20 Å². The first-order valence-electron chi connectivity index (χ1n) is 5.84. The normalized spacial score (nSPS) is 10.0. The van der Waals surface area contributed by atoms with E-state index in [2.05, 4.69) is 35.6 Å². The minimum absolute atomic E-state index is 0.260. The number of anilines is 2. The van der Waals surface area contributed by atoms with Crippen LogP contribution in [-0.4, -0.2) is 38.6 Å². The van der Waals surface area contributed by atoms with E-state index in [9.17, 15) is 0 Å². The molecule has 2 N–H and O–H groups in total. The van der Waals surface area contributed by atoms with Crippen molar-refractivity contribution in [1.29, 1.82) is 0 Å². The molecule has 8 nitrogen and oxygen atoms in total. The summed E-state index contributed by atoms with van der Waals surface area (Å²) in [5.74, 6) is 0.904. The van der Waals surface area contributed by atoms with Gasteiger partial charge in [0.25, 0.3) is 0 Å². The Kier molecular flexibility index (Phi) is 4.38. The molecule has 8 heteroatoms. The first kappa shape index (κ1) is 12.9. The summed E-state index contributed by atoms with van der Waals surface area (Å²) in [4.78, 5) is 20.4. The van der Waals surface area contributed by atoms with E-state index in [0.717, 1.165) is 12.2 Å². The maximum atomic E-state index is 5.03.